The molecule has 0 bridgehead atoms. The molecule has 2 N–H and O–H groups in total. The summed E-state index contributed by atoms with van der Waals surface area (Å²) in [4.78, 5) is 1.98. The fourth-order valence-corrected chi connectivity index (χ4v) is 2.21. The van der Waals surface area contributed by atoms with Gasteiger partial charge in [0, 0.05) is 19.6 Å². The molecule has 0 saturated heterocycles. The molecule has 1 aromatic carbocycles. The molecule has 1 aromatic rings. The van der Waals surface area contributed by atoms with Gasteiger partial charge in [-0.05, 0) is 52.6 Å². The summed E-state index contributed by atoms with van der Waals surface area (Å²) in [5.74, 6) is 0.888. The van der Waals surface area contributed by atoms with Gasteiger partial charge in [0.2, 0.25) is 0 Å². The molecule has 1 unspecified atom stereocenters. The van der Waals surface area contributed by atoms with E-state index < -0.39 is 5.60 Å². The summed E-state index contributed by atoms with van der Waals surface area (Å²) in [6.45, 7) is 7.79. The zero-order valence-electron chi connectivity index (χ0n) is 13.3. The van der Waals surface area contributed by atoms with Crippen LogP contribution >= 0.6 is 0 Å². The maximum atomic E-state index is 10.2. The fourth-order valence-electron chi connectivity index (χ4n) is 2.21. The van der Waals surface area contributed by atoms with Crippen molar-refractivity contribution in [2.24, 2.45) is 0 Å². The molecule has 0 heterocycles. The van der Waals surface area contributed by atoms with Crippen molar-refractivity contribution >= 4 is 0 Å². The van der Waals surface area contributed by atoms with Crippen molar-refractivity contribution in [3.63, 3.8) is 0 Å². The molecule has 0 aliphatic rings. The summed E-state index contributed by atoms with van der Waals surface area (Å²) in [6, 6.07) is 8.05. The van der Waals surface area contributed by atoms with Gasteiger partial charge in [0.15, 0.2) is 0 Å². The fraction of sp³-hybridized carbons (Fsp3) is 0.625. The Labute approximate surface area is 122 Å². The first-order valence-electron chi connectivity index (χ1n) is 7.12. The van der Waals surface area contributed by atoms with Crippen LogP contribution in [0.3, 0.4) is 0 Å². The van der Waals surface area contributed by atoms with Gasteiger partial charge < -0.3 is 20.1 Å². The monoisotopic (exact) mass is 280 g/mol. The van der Waals surface area contributed by atoms with Gasteiger partial charge in [-0.3, -0.25) is 0 Å². The molecular weight excluding hydrogens is 252 g/mol. The van der Waals surface area contributed by atoms with Crippen LogP contribution in [0, 0.1) is 0 Å². The van der Waals surface area contributed by atoms with Crippen LogP contribution in [0.5, 0.6) is 5.75 Å². The first kappa shape index (κ1) is 17.0. The van der Waals surface area contributed by atoms with Crippen LogP contribution in [0.1, 0.15) is 26.3 Å². The van der Waals surface area contributed by atoms with Crippen molar-refractivity contribution in [3.8, 4) is 5.75 Å². The number of hydrogen-bond acceptors (Lipinski definition) is 4. The number of benzene rings is 1. The molecule has 4 nitrogen and oxygen atoms in total. The highest BCUT2D eigenvalue weighted by Crippen LogP contribution is 2.15. The highest BCUT2D eigenvalue weighted by atomic mass is 16.5. The Morgan fingerprint density at radius 3 is 2.65 bits per heavy atom. The summed E-state index contributed by atoms with van der Waals surface area (Å²) in [5, 5.41) is 13.5. The molecule has 114 valence electrons. The van der Waals surface area contributed by atoms with Crippen LogP contribution < -0.4 is 10.1 Å². The van der Waals surface area contributed by atoms with Crippen molar-refractivity contribution in [2.45, 2.75) is 39.0 Å². The lowest BCUT2D eigenvalue weighted by Crippen LogP contribution is -2.45. The minimum absolute atomic E-state index is 0.180. The Morgan fingerprint density at radius 1 is 1.35 bits per heavy atom. The van der Waals surface area contributed by atoms with E-state index in [0.717, 1.165) is 17.9 Å². The average molecular weight is 280 g/mol. The average Bonchev–Trinajstić information content (AvgIpc) is 2.26. The Kier molecular flexibility index (Phi) is 6.46. The standard InChI is InChI=1S/C16H28N2O2/c1-13(2)20-15-8-6-7-14(9-15)10-17-11-16(3,19)12-18(4)5/h6-9,13,17,19H,10-12H2,1-5H3. The molecule has 0 aliphatic heterocycles. The van der Waals surface area contributed by atoms with Crippen LogP contribution in [0.15, 0.2) is 24.3 Å². The predicted octanol–water partition coefficient (Wildman–Crippen LogP) is 1.88. The minimum Gasteiger partial charge on any atom is -0.491 e. The molecule has 0 aliphatic carbocycles. The number of likely N-dealkylation sites (N-methyl/N-ethyl adjacent to an activating group) is 1. The molecule has 0 amide bonds. The predicted molar refractivity (Wildman–Crippen MR) is 83.1 cm³/mol. The van der Waals surface area contributed by atoms with Crippen LogP contribution in [0.2, 0.25) is 0 Å². The molecule has 0 saturated carbocycles. The van der Waals surface area contributed by atoms with Gasteiger partial charge in [0.05, 0.1) is 11.7 Å². The van der Waals surface area contributed by atoms with Crippen LogP contribution in [0.4, 0.5) is 0 Å². The number of aliphatic hydroxyl groups is 1. The second-order valence-corrected chi connectivity index (χ2v) is 6.15. The van der Waals surface area contributed by atoms with Gasteiger partial charge in [-0.1, -0.05) is 12.1 Å². The summed E-state index contributed by atoms with van der Waals surface area (Å²) in [5.41, 5.74) is 0.430. The van der Waals surface area contributed by atoms with Crippen LogP contribution in [-0.2, 0) is 6.54 Å². The highest BCUT2D eigenvalue weighted by Gasteiger charge is 2.20. The number of nitrogens with zero attached hydrogens (tertiary/aromatic N) is 1. The van der Waals surface area contributed by atoms with E-state index in [1.165, 1.54) is 0 Å². The Morgan fingerprint density at radius 2 is 2.05 bits per heavy atom. The van der Waals surface area contributed by atoms with Crippen molar-refractivity contribution in [3.05, 3.63) is 29.8 Å². The lowest BCUT2D eigenvalue weighted by atomic mass is 10.1. The van der Waals surface area contributed by atoms with E-state index >= 15 is 0 Å². The maximum absolute atomic E-state index is 10.2. The molecule has 0 radical (unpaired) electrons. The summed E-state index contributed by atoms with van der Waals surface area (Å²) in [7, 11) is 3.92. The normalized spacial score (nSPS) is 14.6. The number of ether oxygens (including phenoxy) is 1. The second kappa shape index (κ2) is 7.62. The largest absolute Gasteiger partial charge is 0.491 e. The van der Waals surface area contributed by atoms with E-state index in [9.17, 15) is 5.11 Å². The van der Waals surface area contributed by atoms with Crippen molar-refractivity contribution in [2.75, 3.05) is 27.2 Å². The Hall–Kier alpha value is -1.10. The van der Waals surface area contributed by atoms with E-state index in [0.29, 0.717) is 13.1 Å². The third-order valence-corrected chi connectivity index (χ3v) is 2.76. The summed E-state index contributed by atoms with van der Waals surface area (Å²) >= 11 is 0. The van der Waals surface area contributed by atoms with Gasteiger partial charge in [-0.15, -0.1) is 0 Å². The molecular formula is C16H28N2O2. The topological polar surface area (TPSA) is 44.7 Å². The van der Waals surface area contributed by atoms with E-state index in [1.807, 2.05) is 58.0 Å². The Bertz CT molecular complexity index is 403. The summed E-state index contributed by atoms with van der Waals surface area (Å²) < 4.78 is 5.67. The van der Waals surface area contributed by atoms with E-state index in [4.69, 9.17) is 4.74 Å². The van der Waals surface area contributed by atoms with E-state index in [1.54, 1.807) is 0 Å². The molecule has 20 heavy (non-hydrogen) atoms. The van der Waals surface area contributed by atoms with Gasteiger partial charge in [-0.25, -0.2) is 0 Å². The lowest BCUT2D eigenvalue weighted by Gasteiger charge is -2.27. The van der Waals surface area contributed by atoms with Crippen molar-refractivity contribution in [1.82, 2.24) is 10.2 Å². The van der Waals surface area contributed by atoms with Gasteiger partial charge in [0.1, 0.15) is 5.75 Å². The van der Waals surface area contributed by atoms with Gasteiger partial charge in [0.25, 0.3) is 0 Å². The number of rotatable bonds is 8. The first-order valence-corrected chi connectivity index (χ1v) is 7.12. The minimum atomic E-state index is -0.727. The third kappa shape index (κ3) is 6.89. The number of nitrogens with one attached hydrogen (secondary N) is 1. The van der Waals surface area contributed by atoms with Crippen molar-refractivity contribution < 1.29 is 9.84 Å². The maximum Gasteiger partial charge on any atom is 0.120 e. The highest BCUT2D eigenvalue weighted by molar-refractivity contribution is 5.28. The smallest absolute Gasteiger partial charge is 0.120 e. The second-order valence-electron chi connectivity index (χ2n) is 6.15. The molecule has 1 atom stereocenters. The first-order chi connectivity index (χ1) is 9.28. The van der Waals surface area contributed by atoms with Gasteiger partial charge in [-0.2, -0.15) is 0 Å². The quantitative estimate of drug-likeness (QED) is 0.763. The summed E-state index contributed by atoms with van der Waals surface area (Å²) in [6.07, 6.45) is 0.180. The molecule has 0 fully saturated rings. The zero-order valence-corrected chi connectivity index (χ0v) is 13.3. The lowest BCUT2D eigenvalue weighted by molar-refractivity contribution is 0.0336. The third-order valence-electron chi connectivity index (χ3n) is 2.76. The van der Waals surface area contributed by atoms with Crippen LogP contribution in [0.25, 0.3) is 0 Å². The number of hydrogen-bond donors (Lipinski definition) is 2. The zero-order chi connectivity index (χ0) is 15.2. The van der Waals surface area contributed by atoms with Crippen molar-refractivity contribution in [1.29, 1.82) is 0 Å². The molecule has 0 spiro atoms. The van der Waals surface area contributed by atoms with E-state index in [2.05, 4.69) is 11.4 Å². The molecule has 0 aromatic heterocycles. The van der Waals surface area contributed by atoms with Crippen LogP contribution in [-0.4, -0.2) is 48.9 Å². The molecule has 4 heteroatoms. The molecule has 1 rings (SSSR count). The van der Waals surface area contributed by atoms with Gasteiger partial charge >= 0.3 is 0 Å². The Balaban J connectivity index is 2.45. The SMILES string of the molecule is CC(C)Oc1cccc(CNCC(C)(O)CN(C)C)c1. The van der Waals surface area contributed by atoms with E-state index in [-0.39, 0.29) is 6.10 Å².